The number of carbonyl (C=O) groups is 1. The van der Waals surface area contributed by atoms with Gasteiger partial charge in [0.15, 0.2) is 5.76 Å². The van der Waals surface area contributed by atoms with Gasteiger partial charge in [-0.3, -0.25) is 9.69 Å². The molecule has 27 heavy (non-hydrogen) atoms. The minimum Gasteiger partial charge on any atom is -0.507 e. The molecule has 2 aliphatic heterocycles. The van der Waals surface area contributed by atoms with E-state index >= 15 is 0 Å². The average Bonchev–Trinajstić information content (AvgIpc) is 2.96. The monoisotopic (exact) mass is 429 g/mol. The lowest BCUT2D eigenvalue weighted by Crippen LogP contribution is -2.35. The molecule has 0 aliphatic carbocycles. The fourth-order valence-electron chi connectivity index (χ4n) is 3.46. The van der Waals surface area contributed by atoms with Crippen molar-refractivity contribution in [3.8, 4) is 11.5 Å². The van der Waals surface area contributed by atoms with Crippen LogP contribution in [0.15, 0.2) is 40.6 Å². The van der Waals surface area contributed by atoms with Crippen molar-refractivity contribution in [1.29, 1.82) is 0 Å². The molecule has 0 radical (unpaired) electrons. The molecule has 1 saturated heterocycles. The number of phenolic OH excluding ortho intramolecular Hbond substituents is 1. The van der Waals surface area contributed by atoms with Crippen LogP contribution in [0.25, 0.3) is 6.08 Å². The summed E-state index contributed by atoms with van der Waals surface area (Å²) < 4.78 is 12.3. The lowest BCUT2D eigenvalue weighted by molar-refractivity contribution is 0.0336. The Morgan fingerprint density at radius 2 is 2.04 bits per heavy atom. The highest BCUT2D eigenvalue weighted by Gasteiger charge is 2.33. The van der Waals surface area contributed by atoms with E-state index in [1.54, 1.807) is 12.1 Å². The number of Topliss-reactive ketones (excluding diaryl/α,β-unsaturated/α-hetero) is 1. The number of fused-ring (bicyclic) bond motifs is 1. The van der Waals surface area contributed by atoms with Crippen molar-refractivity contribution in [2.45, 2.75) is 13.5 Å². The van der Waals surface area contributed by atoms with Crippen LogP contribution in [0.1, 0.15) is 27.0 Å². The fourth-order valence-corrected chi connectivity index (χ4v) is 3.88. The minimum absolute atomic E-state index is 0.147. The Bertz CT molecular complexity index is 932. The maximum absolute atomic E-state index is 12.9. The summed E-state index contributed by atoms with van der Waals surface area (Å²) in [6.07, 6.45) is 1.74. The number of benzene rings is 2. The van der Waals surface area contributed by atoms with E-state index in [0.717, 1.165) is 28.7 Å². The normalized spacial score (nSPS) is 18.6. The molecule has 140 valence electrons. The number of hydrogen-bond donors (Lipinski definition) is 1. The van der Waals surface area contributed by atoms with Gasteiger partial charge in [-0.05, 0) is 42.3 Å². The number of nitrogens with zero attached hydrogens (tertiary/aromatic N) is 1. The van der Waals surface area contributed by atoms with Crippen LogP contribution in [-0.2, 0) is 11.3 Å². The third-order valence-corrected chi connectivity index (χ3v) is 5.35. The third-order valence-electron chi connectivity index (χ3n) is 4.85. The number of halogens is 1. The molecule has 0 spiro atoms. The lowest BCUT2D eigenvalue weighted by Gasteiger charge is -2.27. The number of carbonyl (C=O) groups excluding carboxylic acids is 1. The molecule has 6 heteroatoms. The molecule has 4 rings (SSSR count). The van der Waals surface area contributed by atoms with Gasteiger partial charge in [-0.2, -0.15) is 0 Å². The molecule has 2 aromatic rings. The molecule has 0 saturated carbocycles. The first-order valence-corrected chi connectivity index (χ1v) is 9.67. The van der Waals surface area contributed by atoms with E-state index in [-0.39, 0.29) is 17.3 Å². The highest BCUT2D eigenvalue weighted by molar-refractivity contribution is 9.10. The van der Waals surface area contributed by atoms with Crippen molar-refractivity contribution in [3.05, 3.63) is 62.8 Å². The number of aromatic hydroxyl groups is 1. The van der Waals surface area contributed by atoms with Crippen molar-refractivity contribution >= 4 is 27.8 Å². The van der Waals surface area contributed by atoms with E-state index in [4.69, 9.17) is 9.47 Å². The summed E-state index contributed by atoms with van der Waals surface area (Å²) >= 11 is 3.44. The van der Waals surface area contributed by atoms with Gasteiger partial charge in [-0.15, -0.1) is 0 Å². The summed E-state index contributed by atoms with van der Waals surface area (Å²) in [5, 5.41) is 10.5. The maximum Gasteiger partial charge on any atom is 0.232 e. The van der Waals surface area contributed by atoms with Gasteiger partial charge < -0.3 is 14.6 Å². The molecule has 2 heterocycles. The van der Waals surface area contributed by atoms with Crippen LogP contribution in [0.5, 0.6) is 11.5 Å². The van der Waals surface area contributed by atoms with Gasteiger partial charge >= 0.3 is 0 Å². The SMILES string of the molecule is Cc1cc(O)c(CN2CCOCC2)c2c1C(=O)/C(=C/c1cccc(Br)c1)O2. The van der Waals surface area contributed by atoms with Crippen LogP contribution in [0.2, 0.25) is 0 Å². The second-order valence-electron chi connectivity index (χ2n) is 6.78. The van der Waals surface area contributed by atoms with E-state index in [0.29, 0.717) is 36.6 Å². The molecule has 0 atom stereocenters. The molecule has 2 aliphatic rings. The molecule has 1 N–H and O–H groups in total. The Morgan fingerprint density at radius 1 is 1.26 bits per heavy atom. The van der Waals surface area contributed by atoms with Gasteiger partial charge in [0.2, 0.25) is 5.78 Å². The van der Waals surface area contributed by atoms with E-state index < -0.39 is 0 Å². The summed E-state index contributed by atoms with van der Waals surface area (Å²) in [4.78, 5) is 15.1. The predicted octanol–water partition coefficient (Wildman–Crippen LogP) is 3.91. The smallest absolute Gasteiger partial charge is 0.232 e. The third kappa shape index (κ3) is 3.65. The standard InChI is InChI=1S/C21H20BrNO4/c1-13-9-17(24)16(12-23-5-7-26-8-6-23)21-19(13)20(25)18(27-21)11-14-3-2-4-15(22)10-14/h2-4,9-11,24H,5-8,12H2,1H3/b18-11-. The Labute approximate surface area is 166 Å². The largest absolute Gasteiger partial charge is 0.507 e. The van der Waals surface area contributed by atoms with E-state index in [1.807, 2.05) is 31.2 Å². The topological polar surface area (TPSA) is 59.0 Å². The Hall–Kier alpha value is -2.15. The number of phenols is 1. The van der Waals surface area contributed by atoms with Crippen LogP contribution >= 0.6 is 15.9 Å². The first-order valence-electron chi connectivity index (χ1n) is 8.88. The van der Waals surface area contributed by atoms with Crippen molar-refractivity contribution in [2.75, 3.05) is 26.3 Å². The van der Waals surface area contributed by atoms with Crippen LogP contribution in [-0.4, -0.2) is 42.1 Å². The van der Waals surface area contributed by atoms with Crippen molar-refractivity contribution in [1.82, 2.24) is 4.90 Å². The highest BCUT2D eigenvalue weighted by Crippen LogP contribution is 2.42. The van der Waals surface area contributed by atoms with Gasteiger partial charge in [-0.25, -0.2) is 0 Å². The second kappa shape index (κ2) is 7.46. The fraction of sp³-hybridized carbons (Fsp3) is 0.286. The Kier molecular flexibility index (Phi) is 5.04. The zero-order chi connectivity index (χ0) is 19.0. The molecule has 0 bridgehead atoms. The first-order chi connectivity index (χ1) is 13.0. The zero-order valence-corrected chi connectivity index (χ0v) is 16.6. The molecule has 0 aromatic heterocycles. The Morgan fingerprint density at radius 3 is 2.78 bits per heavy atom. The van der Waals surface area contributed by atoms with Crippen molar-refractivity contribution in [2.24, 2.45) is 0 Å². The van der Waals surface area contributed by atoms with Crippen LogP contribution in [0, 0.1) is 6.92 Å². The Balaban J connectivity index is 1.71. The summed E-state index contributed by atoms with van der Waals surface area (Å²) in [6.45, 7) is 5.26. The van der Waals surface area contributed by atoms with Crippen LogP contribution in [0.3, 0.4) is 0 Å². The quantitative estimate of drug-likeness (QED) is 0.749. The summed E-state index contributed by atoms with van der Waals surface area (Å²) in [7, 11) is 0. The average molecular weight is 430 g/mol. The zero-order valence-electron chi connectivity index (χ0n) is 15.0. The van der Waals surface area contributed by atoms with E-state index in [1.165, 1.54) is 0 Å². The molecular formula is C21H20BrNO4. The van der Waals surface area contributed by atoms with E-state index in [2.05, 4.69) is 20.8 Å². The first kappa shape index (κ1) is 18.2. The number of ketones is 1. The van der Waals surface area contributed by atoms with Crippen molar-refractivity contribution in [3.63, 3.8) is 0 Å². The molecule has 2 aromatic carbocycles. The lowest BCUT2D eigenvalue weighted by atomic mass is 9.99. The van der Waals surface area contributed by atoms with Gasteiger partial charge in [0.25, 0.3) is 0 Å². The van der Waals surface area contributed by atoms with Gasteiger partial charge in [0, 0.05) is 24.1 Å². The van der Waals surface area contributed by atoms with Gasteiger partial charge in [0.1, 0.15) is 11.5 Å². The summed E-state index contributed by atoms with van der Waals surface area (Å²) in [6, 6.07) is 9.32. The van der Waals surface area contributed by atoms with Gasteiger partial charge in [0.05, 0.1) is 24.3 Å². The minimum atomic E-state index is -0.147. The number of allylic oxidation sites excluding steroid dienone is 1. The number of hydrogen-bond acceptors (Lipinski definition) is 5. The number of ether oxygens (including phenoxy) is 2. The van der Waals surface area contributed by atoms with Gasteiger partial charge in [-0.1, -0.05) is 28.1 Å². The number of aryl methyl sites for hydroxylation is 1. The molecule has 0 amide bonds. The second-order valence-corrected chi connectivity index (χ2v) is 7.69. The molecule has 0 unspecified atom stereocenters. The number of morpholine rings is 1. The maximum atomic E-state index is 12.9. The summed E-state index contributed by atoms with van der Waals surface area (Å²) in [5.74, 6) is 0.769. The van der Waals surface area contributed by atoms with E-state index in [9.17, 15) is 9.90 Å². The number of rotatable bonds is 3. The van der Waals surface area contributed by atoms with Crippen LogP contribution < -0.4 is 4.74 Å². The predicted molar refractivity (Wildman–Crippen MR) is 106 cm³/mol. The highest BCUT2D eigenvalue weighted by atomic mass is 79.9. The molecule has 5 nitrogen and oxygen atoms in total. The molecular weight excluding hydrogens is 410 g/mol. The van der Waals surface area contributed by atoms with Crippen LogP contribution in [0.4, 0.5) is 0 Å². The molecule has 1 fully saturated rings. The summed E-state index contributed by atoms with van der Waals surface area (Å²) in [5.41, 5.74) is 2.79. The van der Waals surface area contributed by atoms with Crippen molar-refractivity contribution < 1.29 is 19.4 Å².